The van der Waals surface area contributed by atoms with Crippen LogP contribution < -0.4 is 4.31 Å². The van der Waals surface area contributed by atoms with Crippen molar-refractivity contribution < 1.29 is 4.74 Å². The third kappa shape index (κ3) is 4.12. The summed E-state index contributed by atoms with van der Waals surface area (Å²) in [5.41, 5.74) is 3.96. The molecule has 0 spiro atoms. The molecule has 2 aliphatic heterocycles. The van der Waals surface area contributed by atoms with E-state index in [-0.39, 0.29) is 0 Å². The molecule has 1 saturated carbocycles. The van der Waals surface area contributed by atoms with Crippen LogP contribution in [-0.2, 0) is 11.8 Å². The van der Waals surface area contributed by atoms with Crippen molar-refractivity contribution in [3.8, 4) is 0 Å². The van der Waals surface area contributed by atoms with Crippen LogP contribution in [0.1, 0.15) is 67.1 Å². The summed E-state index contributed by atoms with van der Waals surface area (Å²) in [7, 11) is 1.98. The number of hydrogen-bond donors (Lipinski definition) is 1. The maximum absolute atomic E-state index is 5.62. The van der Waals surface area contributed by atoms with Crippen LogP contribution in [0.25, 0.3) is 0 Å². The van der Waals surface area contributed by atoms with Crippen molar-refractivity contribution in [2.75, 3.05) is 37.2 Å². The van der Waals surface area contributed by atoms with E-state index in [0.29, 0.717) is 11.8 Å². The molecule has 6 nitrogen and oxygen atoms in total. The van der Waals surface area contributed by atoms with Gasteiger partial charge in [-0.2, -0.15) is 5.10 Å². The van der Waals surface area contributed by atoms with Crippen molar-refractivity contribution in [1.29, 1.82) is 0 Å². The van der Waals surface area contributed by atoms with Crippen LogP contribution in [0.2, 0.25) is 0 Å². The summed E-state index contributed by atoms with van der Waals surface area (Å²) in [5, 5.41) is 4.38. The minimum absolute atomic E-state index is 0.304. The number of pyridine rings is 1. The molecule has 2 aromatic rings. The molecule has 0 amide bonds. The highest BCUT2D eigenvalue weighted by molar-refractivity contribution is 7.81. The largest absolute Gasteiger partial charge is 0.381 e. The second kappa shape index (κ2) is 8.89. The van der Waals surface area contributed by atoms with Crippen LogP contribution in [0.4, 0.5) is 5.82 Å². The van der Waals surface area contributed by atoms with Crippen LogP contribution in [0.3, 0.4) is 0 Å². The average molecular weight is 428 g/mol. The molecular formula is C23H33N5OS. The Morgan fingerprint density at radius 2 is 1.80 bits per heavy atom. The Hall–Kier alpha value is -1.57. The first kappa shape index (κ1) is 20.3. The highest BCUT2D eigenvalue weighted by Crippen LogP contribution is 2.42. The van der Waals surface area contributed by atoms with Gasteiger partial charge in [0, 0.05) is 69.8 Å². The Morgan fingerprint density at radius 3 is 2.50 bits per heavy atom. The van der Waals surface area contributed by atoms with Gasteiger partial charge in [-0.05, 0) is 61.6 Å². The SMILES string of the molecule is Cn1cc(C2CN(S)c3ncc([C@H]4CC[C@H](N5CCCOCCC5)CC4)cc32)cn1. The number of rotatable bonds is 3. The zero-order valence-electron chi connectivity index (χ0n) is 17.9. The molecule has 1 unspecified atom stereocenters. The molecule has 2 fully saturated rings. The third-order valence-corrected chi connectivity index (χ3v) is 7.52. The Bertz CT molecular complexity index is 855. The van der Waals surface area contributed by atoms with E-state index in [1.54, 1.807) is 0 Å². The number of ether oxygens (including phenoxy) is 1. The van der Waals surface area contributed by atoms with Gasteiger partial charge < -0.3 is 13.9 Å². The normalized spacial score (nSPS) is 28.2. The van der Waals surface area contributed by atoms with Crippen molar-refractivity contribution in [1.82, 2.24) is 19.7 Å². The number of anilines is 1. The van der Waals surface area contributed by atoms with E-state index in [1.165, 1.54) is 68.3 Å². The number of fused-ring (bicyclic) bond motifs is 1. The monoisotopic (exact) mass is 427 g/mol. The summed E-state index contributed by atoms with van der Waals surface area (Å²) in [4.78, 5) is 7.56. The molecule has 7 heteroatoms. The molecule has 1 saturated heterocycles. The first-order chi connectivity index (χ1) is 14.7. The summed E-state index contributed by atoms with van der Waals surface area (Å²) in [6.45, 7) is 5.09. The van der Waals surface area contributed by atoms with E-state index >= 15 is 0 Å². The lowest BCUT2D eigenvalue weighted by Gasteiger charge is -2.38. The van der Waals surface area contributed by atoms with Crippen molar-refractivity contribution in [3.63, 3.8) is 0 Å². The van der Waals surface area contributed by atoms with Gasteiger partial charge in [0.2, 0.25) is 0 Å². The highest BCUT2D eigenvalue weighted by Gasteiger charge is 2.33. The van der Waals surface area contributed by atoms with Crippen LogP contribution in [0, 0.1) is 0 Å². The molecule has 0 N–H and O–H groups in total. The minimum Gasteiger partial charge on any atom is -0.381 e. The van der Waals surface area contributed by atoms with Crippen molar-refractivity contribution >= 4 is 18.6 Å². The Balaban J connectivity index is 1.28. The van der Waals surface area contributed by atoms with Gasteiger partial charge in [-0.25, -0.2) is 4.98 Å². The molecule has 0 aromatic carbocycles. The van der Waals surface area contributed by atoms with E-state index in [2.05, 4.69) is 41.3 Å². The maximum atomic E-state index is 5.62. The summed E-state index contributed by atoms with van der Waals surface area (Å²) in [6, 6.07) is 3.16. The maximum Gasteiger partial charge on any atom is 0.142 e. The van der Waals surface area contributed by atoms with Gasteiger partial charge in [-0.1, -0.05) is 12.8 Å². The number of thiol groups is 1. The molecule has 4 heterocycles. The van der Waals surface area contributed by atoms with Gasteiger partial charge in [-0.15, -0.1) is 0 Å². The highest BCUT2D eigenvalue weighted by atomic mass is 32.1. The Kier molecular flexibility index (Phi) is 6.03. The van der Waals surface area contributed by atoms with Gasteiger partial charge in [0.1, 0.15) is 5.82 Å². The molecule has 1 atom stereocenters. The quantitative estimate of drug-likeness (QED) is 0.756. The zero-order valence-corrected chi connectivity index (χ0v) is 18.8. The summed E-state index contributed by atoms with van der Waals surface area (Å²) in [5.74, 6) is 1.94. The van der Waals surface area contributed by atoms with Crippen molar-refractivity contribution in [3.05, 3.63) is 41.3 Å². The topological polar surface area (TPSA) is 46.4 Å². The number of nitrogens with zero attached hydrogens (tertiary/aromatic N) is 5. The molecule has 162 valence electrons. The molecule has 1 aliphatic carbocycles. The molecule has 30 heavy (non-hydrogen) atoms. The van der Waals surface area contributed by atoms with Gasteiger partial charge >= 0.3 is 0 Å². The van der Waals surface area contributed by atoms with Crippen LogP contribution in [-0.4, -0.2) is 58.6 Å². The van der Waals surface area contributed by atoms with E-state index in [0.717, 1.165) is 31.6 Å². The molecule has 5 rings (SSSR count). The molecule has 0 radical (unpaired) electrons. The fourth-order valence-corrected chi connectivity index (χ4v) is 5.87. The van der Waals surface area contributed by atoms with E-state index in [4.69, 9.17) is 9.72 Å². The first-order valence-electron chi connectivity index (χ1n) is 11.5. The lowest BCUT2D eigenvalue weighted by Crippen LogP contribution is -2.40. The minimum atomic E-state index is 0.304. The van der Waals surface area contributed by atoms with E-state index < -0.39 is 0 Å². The Morgan fingerprint density at radius 1 is 1.03 bits per heavy atom. The van der Waals surface area contributed by atoms with Crippen LogP contribution in [0.5, 0.6) is 0 Å². The zero-order chi connectivity index (χ0) is 20.5. The van der Waals surface area contributed by atoms with Gasteiger partial charge in [-0.3, -0.25) is 4.68 Å². The van der Waals surface area contributed by atoms with E-state index in [1.807, 2.05) is 22.2 Å². The van der Waals surface area contributed by atoms with Gasteiger partial charge in [0.25, 0.3) is 0 Å². The second-order valence-corrected chi connectivity index (χ2v) is 9.61. The summed E-state index contributed by atoms with van der Waals surface area (Å²) in [6.07, 6.45) is 13.7. The second-order valence-electron chi connectivity index (χ2n) is 9.12. The predicted molar refractivity (Wildman–Crippen MR) is 122 cm³/mol. The average Bonchev–Trinajstić information content (AvgIpc) is 3.31. The summed E-state index contributed by atoms with van der Waals surface area (Å²) < 4.78 is 9.49. The molecular weight excluding hydrogens is 394 g/mol. The van der Waals surface area contributed by atoms with Gasteiger partial charge in [0.15, 0.2) is 0 Å². The van der Waals surface area contributed by atoms with Crippen molar-refractivity contribution in [2.45, 2.75) is 56.4 Å². The first-order valence-corrected chi connectivity index (χ1v) is 11.9. The molecule has 2 aromatic heterocycles. The molecule has 3 aliphatic rings. The predicted octanol–water partition coefficient (Wildman–Crippen LogP) is 3.75. The fraction of sp³-hybridized carbons (Fsp3) is 0.652. The van der Waals surface area contributed by atoms with Crippen molar-refractivity contribution in [2.24, 2.45) is 7.05 Å². The summed E-state index contributed by atoms with van der Waals surface area (Å²) >= 11 is 4.67. The third-order valence-electron chi connectivity index (χ3n) is 7.17. The number of aryl methyl sites for hydroxylation is 1. The molecule has 0 bridgehead atoms. The lowest BCUT2D eigenvalue weighted by atomic mass is 9.80. The lowest BCUT2D eigenvalue weighted by molar-refractivity contribution is 0.0630. The number of aromatic nitrogens is 3. The van der Waals surface area contributed by atoms with Crippen LogP contribution in [0.15, 0.2) is 24.7 Å². The number of hydrogen-bond acceptors (Lipinski definition) is 6. The van der Waals surface area contributed by atoms with Crippen LogP contribution >= 0.6 is 12.8 Å². The smallest absolute Gasteiger partial charge is 0.142 e. The van der Waals surface area contributed by atoms with Gasteiger partial charge in [0.05, 0.1) is 6.20 Å². The standard InChI is InChI=1S/C23H33N5OS/c1-26-15-19(14-25-26)22-16-28(30)23-21(22)12-18(13-24-23)17-4-6-20(7-5-17)27-8-2-10-29-11-3-9-27/h12-15,17,20,22,30H,2-11,16H2,1H3/t17-,20-,22?. The Labute approximate surface area is 185 Å². The van der Waals surface area contributed by atoms with E-state index in [9.17, 15) is 0 Å². The fourth-order valence-electron chi connectivity index (χ4n) is 5.54.